The second kappa shape index (κ2) is 5.71. The van der Waals surface area contributed by atoms with Crippen molar-refractivity contribution in [2.24, 2.45) is 0 Å². The lowest BCUT2D eigenvalue weighted by molar-refractivity contribution is 0.00946. The highest BCUT2D eigenvalue weighted by Crippen LogP contribution is 2.27. The van der Waals surface area contributed by atoms with E-state index in [1.165, 1.54) is 6.07 Å². The van der Waals surface area contributed by atoms with E-state index in [9.17, 15) is 13.5 Å². The molecule has 0 heterocycles. The van der Waals surface area contributed by atoms with Crippen molar-refractivity contribution in [3.63, 3.8) is 0 Å². The van der Waals surface area contributed by atoms with Crippen LogP contribution in [-0.2, 0) is 10.0 Å². The van der Waals surface area contributed by atoms with Crippen LogP contribution in [0.15, 0.2) is 23.1 Å². The fraction of sp³-hybridized carbons (Fsp3) is 0.571. The van der Waals surface area contributed by atoms with Crippen molar-refractivity contribution >= 4 is 15.7 Å². The fourth-order valence-corrected chi connectivity index (χ4v) is 3.89. The number of hydrogen-bond acceptors (Lipinski definition) is 4. The maximum absolute atomic E-state index is 12.2. The van der Waals surface area contributed by atoms with Crippen molar-refractivity contribution in [3.8, 4) is 0 Å². The number of anilines is 1. The van der Waals surface area contributed by atoms with E-state index in [2.05, 4.69) is 4.72 Å². The second-order valence-electron chi connectivity index (χ2n) is 5.69. The minimum absolute atomic E-state index is 0.0587. The van der Waals surface area contributed by atoms with E-state index in [4.69, 9.17) is 5.73 Å². The van der Waals surface area contributed by atoms with Crippen LogP contribution in [0.5, 0.6) is 0 Å². The van der Waals surface area contributed by atoms with Crippen LogP contribution < -0.4 is 10.5 Å². The number of sulfonamides is 1. The maximum Gasteiger partial charge on any atom is 0.240 e. The summed E-state index contributed by atoms with van der Waals surface area (Å²) in [6.07, 6.45) is 4.27. The Labute approximate surface area is 120 Å². The number of nitrogens with two attached hydrogens (primary N) is 1. The van der Waals surface area contributed by atoms with Gasteiger partial charge in [-0.1, -0.05) is 19.3 Å². The van der Waals surface area contributed by atoms with E-state index in [0.717, 1.165) is 24.8 Å². The molecule has 112 valence electrons. The van der Waals surface area contributed by atoms with Gasteiger partial charge in [-0.2, -0.15) is 0 Å². The molecular formula is C14H22N2O3S. The minimum atomic E-state index is -3.63. The molecule has 1 aromatic carbocycles. The highest BCUT2D eigenvalue weighted by molar-refractivity contribution is 7.89. The molecule has 1 aliphatic carbocycles. The number of nitrogen functional groups attached to an aromatic ring is 1. The molecule has 5 nitrogen and oxygen atoms in total. The smallest absolute Gasteiger partial charge is 0.240 e. The Morgan fingerprint density at radius 1 is 1.25 bits per heavy atom. The zero-order valence-corrected chi connectivity index (χ0v) is 12.5. The normalized spacial score (nSPS) is 18.9. The Balaban J connectivity index is 2.11. The van der Waals surface area contributed by atoms with Crippen LogP contribution in [0.25, 0.3) is 0 Å². The molecule has 4 N–H and O–H groups in total. The summed E-state index contributed by atoms with van der Waals surface area (Å²) < 4.78 is 27.0. The first-order valence-corrected chi connectivity index (χ1v) is 8.38. The summed E-state index contributed by atoms with van der Waals surface area (Å²) in [4.78, 5) is 0.148. The molecule has 0 spiro atoms. The molecule has 0 unspecified atom stereocenters. The van der Waals surface area contributed by atoms with Gasteiger partial charge in [0.25, 0.3) is 0 Å². The van der Waals surface area contributed by atoms with Crippen LogP contribution in [-0.4, -0.2) is 25.7 Å². The average Bonchev–Trinajstić information content (AvgIpc) is 2.37. The van der Waals surface area contributed by atoms with Crippen LogP contribution in [0.2, 0.25) is 0 Å². The van der Waals surface area contributed by atoms with E-state index < -0.39 is 15.6 Å². The van der Waals surface area contributed by atoms with Gasteiger partial charge >= 0.3 is 0 Å². The number of aliphatic hydroxyl groups is 1. The van der Waals surface area contributed by atoms with Gasteiger partial charge in [0, 0.05) is 12.2 Å². The summed E-state index contributed by atoms with van der Waals surface area (Å²) in [6, 6.07) is 4.72. The topological polar surface area (TPSA) is 92.4 Å². The van der Waals surface area contributed by atoms with E-state index in [0.29, 0.717) is 18.5 Å². The van der Waals surface area contributed by atoms with Crippen LogP contribution in [0, 0.1) is 6.92 Å². The van der Waals surface area contributed by atoms with Crippen molar-refractivity contribution < 1.29 is 13.5 Å². The van der Waals surface area contributed by atoms with E-state index in [-0.39, 0.29) is 11.4 Å². The van der Waals surface area contributed by atoms with Crippen molar-refractivity contribution in [1.29, 1.82) is 0 Å². The molecule has 0 aromatic heterocycles. The lowest BCUT2D eigenvalue weighted by atomic mass is 9.85. The molecule has 1 fully saturated rings. The molecule has 2 rings (SSSR count). The zero-order valence-electron chi connectivity index (χ0n) is 11.7. The summed E-state index contributed by atoms with van der Waals surface area (Å²) >= 11 is 0. The quantitative estimate of drug-likeness (QED) is 0.735. The van der Waals surface area contributed by atoms with Gasteiger partial charge in [-0.15, -0.1) is 0 Å². The van der Waals surface area contributed by atoms with Gasteiger partial charge in [0.2, 0.25) is 10.0 Å². The number of hydrogen-bond donors (Lipinski definition) is 3. The standard InChI is InChI=1S/C14H22N2O3S/c1-11-7-12(15)9-13(8-11)20(18,19)16-10-14(17)5-3-2-4-6-14/h7-9,16-17H,2-6,10,15H2,1H3. The van der Waals surface area contributed by atoms with Gasteiger partial charge in [-0.25, -0.2) is 13.1 Å². The van der Waals surface area contributed by atoms with Crippen molar-refractivity contribution in [2.75, 3.05) is 12.3 Å². The Morgan fingerprint density at radius 3 is 2.50 bits per heavy atom. The van der Waals surface area contributed by atoms with Crippen LogP contribution in [0.1, 0.15) is 37.7 Å². The largest absolute Gasteiger partial charge is 0.399 e. The number of nitrogens with one attached hydrogen (secondary N) is 1. The number of benzene rings is 1. The summed E-state index contributed by atoms with van der Waals surface area (Å²) in [6.45, 7) is 1.85. The molecule has 1 aliphatic rings. The lowest BCUT2D eigenvalue weighted by Crippen LogP contribution is -2.44. The van der Waals surface area contributed by atoms with Crippen LogP contribution in [0.4, 0.5) is 5.69 Å². The number of rotatable bonds is 4. The van der Waals surface area contributed by atoms with E-state index in [1.54, 1.807) is 19.1 Å². The zero-order chi connectivity index (χ0) is 14.8. The van der Waals surface area contributed by atoms with E-state index in [1.807, 2.05) is 0 Å². The monoisotopic (exact) mass is 298 g/mol. The van der Waals surface area contributed by atoms with Gasteiger partial charge in [0.1, 0.15) is 0 Å². The maximum atomic E-state index is 12.2. The molecule has 20 heavy (non-hydrogen) atoms. The summed E-state index contributed by atoms with van der Waals surface area (Å²) in [7, 11) is -3.63. The predicted molar refractivity (Wildman–Crippen MR) is 78.8 cm³/mol. The van der Waals surface area contributed by atoms with Crippen molar-refractivity contribution in [1.82, 2.24) is 4.72 Å². The van der Waals surface area contributed by atoms with Crippen LogP contribution >= 0.6 is 0 Å². The molecule has 0 amide bonds. The third kappa shape index (κ3) is 3.71. The molecule has 0 saturated heterocycles. The second-order valence-corrected chi connectivity index (χ2v) is 7.46. The Hall–Kier alpha value is -1.11. The average molecular weight is 298 g/mol. The molecule has 0 aliphatic heterocycles. The number of aryl methyl sites for hydroxylation is 1. The third-order valence-corrected chi connectivity index (χ3v) is 5.14. The highest BCUT2D eigenvalue weighted by atomic mass is 32.2. The summed E-state index contributed by atoms with van der Waals surface area (Å²) in [5.41, 5.74) is 5.98. The van der Waals surface area contributed by atoms with Crippen molar-refractivity contribution in [2.45, 2.75) is 49.5 Å². The third-order valence-electron chi connectivity index (χ3n) is 3.76. The molecular weight excluding hydrogens is 276 g/mol. The first kappa shape index (κ1) is 15.3. The van der Waals surface area contributed by atoms with Crippen molar-refractivity contribution in [3.05, 3.63) is 23.8 Å². The first-order valence-electron chi connectivity index (χ1n) is 6.90. The van der Waals surface area contributed by atoms with Crippen LogP contribution in [0.3, 0.4) is 0 Å². The summed E-state index contributed by atoms with van der Waals surface area (Å²) in [5.74, 6) is 0. The molecule has 0 atom stereocenters. The highest BCUT2D eigenvalue weighted by Gasteiger charge is 2.30. The Kier molecular flexibility index (Phi) is 4.36. The van der Waals surface area contributed by atoms with Gasteiger partial charge in [-0.3, -0.25) is 0 Å². The Morgan fingerprint density at radius 2 is 1.90 bits per heavy atom. The fourth-order valence-electron chi connectivity index (χ4n) is 2.63. The molecule has 0 bridgehead atoms. The SMILES string of the molecule is Cc1cc(N)cc(S(=O)(=O)NCC2(O)CCCCC2)c1. The molecule has 0 radical (unpaired) electrons. The molecule has 1 saturated carbocycles. The first-order chi connectivity index (χ1) is 9.31. The Bertz CT molecular complexity index is 558. The predicted octanol–water partition coefficient (Wildman–Crippen LogP) is 1.55. The van der Waals surface area contributed by atoms with E-state index >= 15 is 0 Å². The molecule has 6 heteroatoms. The van der Waals surface area contributed by atoms with Gasteiger partial charge < -0.3 is 10.8 Å². The minimum Gasteiger partial charge on any atom is -0.399 e. The summed E-state index contributed by atoms with van der Waals surface area (Å²) in [5, 5.41) is 10.3. The van der Waals surface area contributed by atoms with Gasteiger partial charge in [-0.05, 0) is 43.5 Å². The lowest BCUT2D eigenvalue weighted by Gasteiger charge is -2.32. The van der Waals surface area contributed by atoms with Gasteiger partial charge in [0.05, 0.1) is 10.5 Å². The molecule has 1 aromatic rings. The van der Waals surface area contributed by atoms with Gasteiger partial charge in [0.15, 0.2) is 0 Å².